The molecule has 0 unspecified atom stereocenters. The molecule has 0 aliphatic carbocycles. The molecule has 3 saturated heterocycles. The van der Waals surface area contributed by atoms with Gasteiger partial charge in [-0.1, -0.05) is 0 Å². The zero-order valence-corrected chi connectivity index (χ0v) is 22.0. The van der Waals surface area contributed by atoms with Crippen molar-refractivity contribution in [2.24, 2.45) is 0 Å². The van der Waals surface area contributed by atoms with Crippen LogP contribution in [0.3, 0.4) is 0 Å². The van der Waals surface area contributed by atoms with Crippen LogP contribution in [0.1, 0.15) is 13.8 Å². The molecule has 0 aromatic carbocycles. The molecule has 15 atom stereocenters. The zero-order valence-electron chi connectivity index (χ0n) is 21.2. The van der Waals surface area contributed by atoms with Crippen LogP contribution in [0.25, 0.3) is 0 Å². The summed E-state index contributed by atoms with van der Waals surface area (Å²) in [6.07, 6.45) is -24.2. The van der Waals surface area contributed by atoms with Crippen molar-refractivity contribution in [1.29, 1.82) is 0 Å². The van der Waals surface area contributed by atoms with Crippen molar-refractivity contribution in [3.8, 4) is 0 Å². The van der Waals surface area contributed by atoms with Crippen LogP contribution in [0.15, 0.2) is 0 Å². The predicted molar refractivity (Wildman–Crippen MR) is 122 cm³/mol. The average molecular weight is 610 g/mol. The van der Waals surface area contributed by atoms with E-state index in [2.05, 4.69) is 9.50 Å². The van der Waals surface area contributed by atoms with Gasteiger partial charge in [0, 0.05) is 6.92 Å². The van der Waals surface area contributed by atoms with Crippen molar-refractivity contribution in [2.45, 2.75) is 106 Å². The van der Waals surface area contributed by atoms with E-state index in [1.54, 1.807) is 0 Å². The Labute approximate surface area is 227 Å². The van der Waals surface area contributed by atoms with Crippen molar-refractivity contribution in [2.75, 3.05) is 13.2 Å². The number of hydrogen-bond donors (Lipinski definition) is 10. The molecule has 234 valence electrons. The highest BCUT2D eigenvalue weighted by molar-refractivity contribution is 7.80. The number of rotatable bonds is 9. The predicted octanol–water partition coefficient (Wildman–Crippen LogP) is -6.57. The van der Waals surface area contributed by atoms with Gasteiger partial charge in [0.05, 0.1) is 19.3 Å². The Balaban J connectivity index is 2.00. The third-order valence-electron chi connectivity index (χ3n) is 6.66. The topological polar surface area (TPSA) is 301 Å². The van der Waals surface area contributed by atoms with E-state index in [9.17, 15) is 54.1 Å². The van der Waals surface area contributed by atoms with Crippen molar-refractivity contribution in [3.63, 3.8) is 0 Å². The number of aliphatic hydroxyl groups is 8. The smallest absolute Gasteiger partial charge is 0.394 e. The molecule has 3 aliphatic rings. The summed E-state index contributed by atoms with van der Waals surface area (Å²) < 4.78 is 63.5. The second kappa shape index (κ2) is 13.4. The molecule has 10 N–H and O–H groups in total. The maximum atomic E-state index is 11.9. The Hall–Kier alpha value is -1.18. The van der Waals surface area contributed by atoms with E-state index in [0.29, 0.717) is 0 Å². The van der Waals surface area contributed by atoms with Crippen molar-refractivity contribution in [1.82, 2.24) is 5.32 Å². The van der Waals surface area contributed by atoms with E-state index in [0.717, 1.165) is 6.92 Å². The number of carbonyl (C=O) groups excluding carboxylic acids is 1. The van der Waals surface area contributed by atoms with E-state index in [1.165, 1.54) is 6.92 Å². The zero-order chi connectivity index (χ0) is 30.1. The lowest BCUT2D eigenvalue weighted by Gasteiger charge is -2.49. The molecule has 1 amide bonds. The second-order valence-electron chi connectivity index (χ2n) is 9.58. The van der Waals surface area contributed by atoms with Gasteiger partial charge in [0.25, 0.3) is 0 Å². The minimum Gasteiger partial charge on any atom is -0.394 e. The number of ether oxygens (including phenoxy) is 5. The highest BCUT2D eigenvalue weighted by atomic mass is 32.3. The number of amides is 1. The van der Waals surface area contributed by atoms with Crippen LogP contribution in [0.5, 0.6) is 0 Å². The van der Waals surface area contributed by atoms with E-state index in [1.807, 2.05) is 0 Å². The summed E-state index contributed by atoms with van der Waals surface area (Å²) in [4.78, 5) is 11.9. The highest BCUT2D eigenvalue weighted by Gasteiger charge is 2.54. The Bertz CT molecular complexity index is 954. The molecule has 3 heterocycles. The van der Waals surface area contributed by atoms with E-state index in [-0.39, 0.29) is 0 Å². The average Bonchev–Trinajstić information content (AvgIpc) is 2.87. The van der Waals surface area contributed by atoms with Gasteiger partial charge in [-0.3, -0.25) is 9.35 Å². The van der Waals surface area contributed by atoms with Gasteiger partial charge in [-0.25, -0.2) is 4.18 Å². The fourth-order valence-corrected chi connectivity index (χ4v) is 4.84. The van der Waals surface area contributed by atoms with Gasteiger partial charge in [-0.05, 0) is 6.92 Å². The first kappa shape index (κ1) is 33.3. The van der Waals surface area contributed by atoms with Gasteiger partial charge >= 0.3 is 10.4 Å². The molecular formula is C20H35NO18S. The molecular weight excluding hydrogens is 574 g/mol. The van der Waals surface area contributed by atoms with E-state index >= 15 is 0 Å². The maximum absolute atomic E-state index is 11.9. The Morgan fingerprint density at radius 1 is 0.800 bits per heavy atom. The number of hydrogen-bond acceptors (Lipinski definition) is 17. The summed E-state index contributed by atoms with van der Waals surface area (Å²) in [5, 5.41) is 83.8. The van der Waals surface area contributed by atoms with Crippen LogP contribution in [-0.4, -0.2) is 165 Å². The van der Waals surface area contributed by atoms with Gasteiger partial charge < -0.3 is 69.9 Å². The van der Waals surface area contributed by atoms with Gasteiger partial charge in [0.1, 0.15) is 67.1 Å². The standard InChI is InChI=1S/C20H35NO18S/c1-5-10(24)12(26)14(28)19(35-5)38-16-8(4-34-40(31,32)33)36-18(30)9(21-6(2)23)17(16)39-20-15(29)13(27)11(25)7(3-22)37-20/h5,7-20,22,24-30H,3-4H2,1-2H3,(H,21,23)(H,31,32,33)/t5-,7+,8+,9+,10+,11-,12+,13-,14-,15+,16+,17+,18+,19-,20-/m0/s1. The summed E-state index contributed by atoms with van der Waals surface area (Å²) >= 11 is 0. The van der Waals surface area contributed by atoms with Gasteiger partial charge in [-0.2, -0.15) is 8.42 Å². The van der Waals surface area contributed by atoms with Gasteiger partial charge in [-0.15, -0.1) is 0 Å². The largest absolute Gasteiger partial charge is 0.397 e. The molecule has 3 fully saturated rings. The highest BCUT2D eigenvalue weighted by Crippen LogP contribution is 2.33. The first-order valence-electron chi connectivity index (χ1n) is 12.1. The van der Waals surface area contributed by atoms with E-state index < -0.39 is 122 Å². The molecule has 40 heavy (non-hydrogen) atoms. The lowest BCUT2D eigenvalue weighted by molar-refractivity contribution is -0.370. The summed E-state index contributed by atoms with van der Waals surface area (Å²) in [5.74, 6) is -0.748. The Morgan fingerprint density at radius 2 is 1.35 bits per heavy atom. The van der Waals surface area contributed by atoms with Gasteiger partial charge in [0.15, 0.2) is 18.9 Å². The fourth-order valence-electron chi connectivity index (χ4n) is 4.54. The molecule has 0 bridgehead atoms. The molecule has 0 aromatic heterocycles. The Morgan fingerprint density at radius 3 is 1.90 bits per heavy atom. The molecule has 0 aromatic rings. The first-order valence-corrected chi connectivity index (χ1v) is 13.5. The monoisotopic (exact) mass is 609 g/mol. The SMILES string of the molecule is CC(=O)N[C@@H]1[C@@H](O[C@@H]2O[C@H](CO)[C@H](O)[C@H](O)[C@H]2O)[C@H](O[C@@H]2O[C@@H](C)[C@@H](O)[C@@H](O)[C@@H]2O)[C@@H](COS(=O)(=O)O)O[C@H]1O. The van der Waals surface area contributed by atoms with E-state index in [4.69, 9.17) is 28.2 Å². The summed E-state index contributed by atoms with van der Waals surface area (Å²) in [5.41, 5.74) is 0. The number of nitrogens with one attached hydrogen (secondary N) is 1. The molecule has 19 nitrogen and oxygen atoms in total. The molecule has 0 saturated carbocycles. The van der Waals surface area contributed by atoms with Crippen LogP contribution in [0.2, 0.25) is 0 Å². The Kier molecular flexibility index (Phi) is 11.2. The van der Waals surface area contributed by atoms with Crippen molar-refractivity contribution < 1.29 is 86.5 Å². The maximum Gasteiger partial charge on any atom is 0.397 e. The molecule has 20 heteroatoms. The first-order chi connectivity index (χ1) is 18.5. The third kappa shape index (κ3) is 7.60. The number of carbonyl (C=O) groups is 1. The normalized spacial score (nSPS) is 46.6. The van der Waals surface area contributed by atoms with Crippen LogP contribution >= 0.6 is 0 Å². The molecule has 3 rings (SSSR count). The molecule has 0 radical (unpaired) electrons. The quantitative estimate of drug-likeness (QED) is 0.109. The van der Waals surface area contributed by atoms with Crippen LogP contribution < -0.4 is 5.32 Å². The minimum atomic E-state index is -5.08. The molecule has 0 spiro atoms. The van der Waals surface area contributed by atoms with Crippen LogP contribution in [-0.2, 0) is 43.1 Å². The summed E-state index contributed by atoms with van der Waals surface area (Å²) in [6, 6.07) is -1.59. The fraction of sp³-hybridized carbons (Fsp3) is 0.950. The summed E-state index contributed by atoms with van der Waals surface area (Å²) in [6.45, 7) is 0.499. The van der Waals surface area contributed by atoms with Crippen molar-refractivity contribution >= 4 is 16.3 Å². The lowest BCUT2D eigenvalue weighted by atomic mass is 9.94. The summed E-state index contributed by atoms with van der Waals surface area (Å²) in [7, 11) is -5.08. The molecule has 3 aliphatic heterocycles. The van der Waals surface area contributed by atoms with Crippen LogP contribution in [0, 0.1) is 0 Å². The lowest BCUT2D eigenvalue weighted by Crippen LogP contribution is -2.69. The second-order valence-corrected chi connectivity index (χ2v) is 10.7. The van der Waals surface area contributed by atoms with Crippen molar-refractivity contribution in [3.05, 3.63) is 0 Å². The van der Waals surface area contributed by atoms with Gasteiger partial charge in [0.2, 0.25) is 5.91 Å². The minimum absolute atomic E-state index is 0.748. The number of aliphatic hydroxyl groups excluding tert-OH is 8. The van der Waals surface area contributed by atoms with Crippen LogP contribution in [0.4, 0.5) is 0 Å². The third-order valence-corrected chi connectivity index (χ3v) is 7.09.